The molecule has 0 saturated heterocycles. The van der Waals surface area contributed by atoms with Gasteiger partial charge in [0.2, 0.25) is 0 Å². The number of ether oxygens (including phenoxy) is 1. The molecule has 1 rings (SSSR count). The topological polar surface area (TPSA) is 51.2 Å². The molecule has 5 heteroatoms. The van der Waals surface area contributed by atoms with Crippen molar-refractivity contribution in [2.24, 2.45) is 11.8 Å². The lowest BCUT2D eigenvalue weighted by Crippen LogP contribution is -2.20. The lowest BCUT2D eigenvalue weighted by Gasteiger charge is -2.15. The molecule has 1 aromatic heterocycles. The summed E-state index contributed by atoms with van der Waals surface area (Å²) in [5, 5.41) is 2.65. The number of aromatic nitrogens is 1. The van der Waals surface area contributed by atoms with Crippen molar-refractivity contribution in [2.75, 3.05) is 11.9 Å². The van der Waals surface area contributed by atoms with Crippen LogP contribution in [0.3, 0.4) is 0 Å². The summed E-state index contributed by atoms with van der Waals surface area (Å²) in [6.07, 6.45) is 1.17. The van der Waals surface area contributed by atoms with E-state index in [2.05, 4.69) is 47.0 Å². The summed E-state index contributed by atoms with van der Waals surface area (Å²) < 4.78 is 5.80. The van der Waals surface area contributed by atoms with E-state index in [-0.39, 0.29) is 0 Å². The standard InChI is InChI=1S/C12H17BrN2O2/c1-8(2)9(3)7-17-12(16)15-10-4-5-14-11(13)6-10/h4-6,8-9H,7H2,1-3H3,(H,14,15,16)/t9-/m0/s1. The highest BCUT2D eigenvalue weighted by molar-refractivity contribution is 9.10. The van der Waals surface area contributed by atoms with Crippen molar-refractivity contribution in [3.63, 3.8) is 0 Å². The lowest BCUT2D eigenvalue weighted by atomic mass is 10.00. The van der Waals surface area contributed by atoms with Gasteiger partial charge in [0, 0.05) is 11.9 Å². The van der Waals surface area contributed by atoms with Crippen LogP contribution in [0.15, 0.2) is 22.9 Å². The third-order valence-corrected chi connectivity index (χ3v) is 3.02. The van der Waals surface area contributed by atoms with E-state index in [1.54, 1.807) is 18.3 Å². The molecule has 1 heterocycles. The monoisotopic (exact) mass is 300 g/mol. The molecule has 1 atom stereocenters. The van der Waals surface area contributed by atoms with Crippen molar-refractivity contribution in [1.29, 1.82) is 0 Å². The zero-order valence-corrected chi connectivity index (χ0v) is 11.8. The number of amides is 1. The molecular weight excluding hydrogens is 284 g/mol. The Labute approximate surface area is 110 Å². The summed E-state index contributed by atoms with van der Waals surface area (Å²) in [5.41, 5.74) is 0.661. The Balaban J connectivity index is 2.40. The fourth-order valence-electron chi connectivity index (χ4n) is 1.03. The number of anilines is 1. The normalized spacial score (nSPS) is 12.3. The minimum Gasteiger partial charge on any atom is -0.449 e. The van der Waals surface area contributed by atoms with Gasteiger partial charge in [-0.3, -0.25) is 5.32 Å². The molecule has 4 nitrogen and oxygen atoms in total. The van der Waals surface area contributed by atoms with Gasteiger partial charge in [0.05, 0.1) is 6.61 Å². The van der Waals surface area contributed by atoms with Gasteiger partial charge in [-0.2, -0.15) is 0 Å². The number of hydrogen-bond acceptors (Lipinski definition) is 3. The summed E-state index contributed by atoms with van der Waals surface area (Å²) >= 11 is 3.23. The van der Waals surface area contributed by atoms with E-state index < -0.39 is 6.09 Å². The average Bonchev–Trinajstić information content (AvgIpc) is 2.25. The smallest absolute Gasteiger partial charge is 0.411 e. The van der Waals surface area contributed by atoms with Crippen molar-refractivity contribution in [3.8, 4) is 0 Å². The molecule has 0 bridgehead atoms. The molecule has 17 heavy (non-hydrogen) atoms. The third kappa shape index (κ3) is 5.17. The number of hydrogen-bond donors (Lipinski definition) is 1. The van der Waals surface area contributed by atoms with Gasteiger partial charge in [-0.1, -0.05) is 20.8 Å². The summed E-state index contributed by atoms with van der Waals surface area (Å²) in [6, 6.07) is 3.42. The maximum atomic E-state index is 11.5. The van der Waals surface area contributed by atoms with Crippen LogP contribution in [-0.2, 0) is 4.74 Å². The quantitative estimate of drug-likeness (QED) is 0.863. The highest BCUT2D eigenvalue weighted by atomic mass is 79.9. The summed E-state index contributed by atoms with van der Waals surface area (Å²) in [5.74, 6) is 0.850. The highest BCUT2D eigenvalue weighted by Gasteiger charge is 2.10. The highest BCUT2D eigenvalue weighted by Crippen LogP contribution is 2.14. The van der Waals surface area contributed by atoms with Gasteiger partial charge in [-0.05, 0) is 39.9 Å². The predicted molar refractivity (Wildman–Crippen MR) is 70.9 cm³/mol. The molecule has 94 valence electrons. The second-order valence-electron chi connectivity index (χ2n) is 4.31. The van der Waals surface area contributed by atoms with Gasteiger partial charge in [-0.15, -0.1) is 0 Å². The van der Waals surface area contributed by atoms with Crippen LogP contribution in [0.1, 0.15) is 20.8 Å². The van der Waals surface area contributed by atoms with Crippen LogP contribution in [0.5, 0.6) is 0 Å². The molecule has 1 amide bonds. The minimum atomic E-state index is -0.435. The Kier molecular flexibility index (Phi) is 5.41. The first-order valence-corrected chi connectivity index (χ1v) is 6.33. The van der Waals surface area contributed by atoms with Crippen molar-refractivity contribution < 1.29 is 9.53 Å². The Morgan fingerprint density at radius 3 is 2.82 bits per heavy atom. The Hall–Kier alpha value is -1.10. The maximum Gasteiger partial charge on any atom is 0.411 e. The number of nitrogens with one attached hydrogen (secondary N) is 1. The molecule has 0 aliphatic carbocycles. The van der Waals surface area contributed by atoms with Crippen LogP contribution in [0.25, 0.3) is 0 Å². The second kappa shape index (κ2) is 6.59. The van der Waals surface area contributed by atoms with Crippen molar-refractivity contribution in [3.05, 3.63) is 22.9 Å². The summed E-state index contributed by atoms with van der Waals surface area (Å²) in [7, 11) is 0. The van der Waals surface area contributed by atoms with E-state index in [1.165, 1.54) is 0 Å². The molecule has 0 unspecified atom stereocenters. The number of carbonyl (C=O) groups is 1. The number of carbonyl (C=O) groups excluding carboxylic acids is 1. The molecule has 0 fully saturated rings. The van der Waals surface area contributed by atoms with E-state index in [1.807, 2.05) is 0 Å². The SMILES string of the molecule is CC(C)[C@@H](C)COC(=O)Nc1ccnc(Br)c1. The molecular formula is C12H17BrN2O2. The van der Waals surface area contributed by atoms with Crippen molar-refractivity contribution in [2.45, 2.75) is 20.8 Å². The number of pyridine rings is 1. The fourth-order valence-corrected chi connectivity index (χ4v) is 1.40. The molecule has 0 spiro atoms. The van der Waals surface area contributed by atoms with Gasteiger partial charge in [-0.25, -0.2) is 9.78 Å². The second-order valence-corrected chi connectivity index (χ2v) is 5.12. The molecule has 0 radical (unpaired) electrons. The van der Waals surface area contributed by atoms with Crippen LogP contribution in [0, 0.1) is 11.8 Å². The molecule has 0 aliphatic rings. The van der Waals surface area contributed by atoms with Crippen LogP contribution < -0.4 is 5.32 Å². The van der Waals surface area contributed by atoms with E-state index in [0.717, 1.165) is 0 Å². The number of rotatable bonds is 4. The van der Waals surface area contributed by atoms with Crippen molar-refractivity contribution in [1.82, 2.24) is 4.98 Å². The molecule has 1 aromatic rings. The first kappa shape index (κ1) is 14.0. The van der Waals surface area contributed by atoms with Crippen molar-refractivity contribution >= 4 is 27.7 Å². The largest absolute Gasteiger partial charge is 0.449 e. The fraction of sp³-hybridized carbons (Fsp3) is 0.500. The van der Waals surface area contributed by atoms with E-state index >= 15 is 0 Å². The maximum absolute atomic E-state index is 11.5. The summed E-state index contributed by atoms with van der Waals surface area (Å²) in [6.45, 7) is 6.69. The van der Waals surface area contributed by atoms with E-state index in [4.69, 9.17) is 4.74 Å². The molecule has 0 aromatic carbocycles. The van der Waals surface area contributed by atoms with Crippen LogP contribution in [0.2, 0.25) is 0 Å². The molecule has 0 aliphatic heterocycles. The number of halogens is 1. The zero-order valence-electron chi connectivity index (χ0n) is 10.2. The Bertz CT molecular complexity index is 383. The van der Waals surface area contributed by atoms with Crippen LogP contribution in [0.4, 0.5) is 10.5 Å². The van der Waals surface area contributed by atoms with Gasteiger partial charge in [0.1, 0.15) is 4.60 Å². The van der Waals surface area contributed by atoms with Gasteiger partial charge in [0.25, 0.3) is 0 Å². The minimum absolute atomic E-state index is 0.352. The van der Waals surface area contributed by atoms with Crippen LogP contribution >= 0.6 is 15.9 Å². The van der Waals surface area contributed by atoms with Gasteiger partial charge >= 0.3 is 6.09 Å². The van der Waals surface area contributed by atoms with E-state index in [0.29, 0.717) is 28.7 Å². The first-order chi connectivity index (χ1) is 7.99. The average molecular weight is 301 g/mol. The first-order valence-electron chi connectivity index (χ1n) is 5.54. The van der Waals surface area contributed by atoms with Gasteiger partial charge < -0.3 is 4.74 Å². The lowest BCUT2D eigenvalue weighted by molar-refractivity contribution is 0.133. The van der Waals surface area contributed by atoms with E-state index in [9.17, 15) is 4.79 Å². The predicted octanol–water partition coefficient (Wildman–Crippen LogP) is 3.68. The van der Waals surface area contributed by atoms with Gasteiger partial charge in [0.15, 0.2) is 0 Å². The molecule has 1 N–H and O–H groups in total. The number of nitrogens with zero attached hydrogens (tertiary/aromatic N) is 1. The molecule has 0 saturated carbocycles. The third-order valence-electron chi connectivity index (χ3n) is 2.59. The summed E-state index contributed by atoms with van der Waals surface area (Å²) in [4.78, 5) is 15.5. The zero-order chi connectivity index (χ0) is 12.8. The van der Waals surface area contributed by atoms with Crippen LogP contribution in [-0.4, -0.2) is 17.7 Å². The Morgan fingerprint density at radius 2 is 2.24 bits per heavy atom. The Morgan fingerprint density at radius 1 is 1.53 bits per heavy atom.